The van der Waals surface area contributed by atoms with Crippen molar-refractivity contribution in [2.24, 2.45) is 11.7 Å². The molecular weight excluding hydrogens is 1600 g/mol. The summed E-state index contributed by atoms with van der Waals surface area (Å²) in [6, 6.07) is -9.54. The van der Waals surface area contributed by atoms with Crippen LogP contribution in [0.25, 0.3) is 10.9 Å². The number of ketones is 1. The number of esters is 1. The predicted molar refractivity (Wildman–Crippen MR) is 424 cm³/mol. The quantitative estimate of drug-likeness (QED) is 0.00871. The summed E-state index contributed by atoms with van der Waals surface area (Å²) in [4.78, 5) is 270. The molecule has 0 radical (unpaired) electrons. The molecule has 13 atom stereocenters. The molecule has 44 heteroatoms. The number of carboxylic acids is 3. The molecule has 1 aliphatic rings. The molecule has 1 aliphatic heterocycles. The Balaban J connectivity index is 1.60. The number of aromatic amines is 1. The number of Topliss-reactive ketones (excluding diaryl/α,β-unsaturated/α-hetero) is 1. The first-order valence-corrected chi connectivity index (χ1v) is 39.6. The number of nitrogens with one attached hydrogen (secondary N) is 15. The number of fused-ring (bicyclic) bond motifs is 1. The fourth-order valence-electron chi connectivity index (χ4n) is 12.4. The third kappa shape index (κ3) is 33.4. The highest BCUT2D eigenvalue weighted by Gasteiger charge is 2.41. The molecular formula is C76H106N18O25S. The van der Waals surface area contributed by atoms with E-state index in [2.05, 4.69) is 80.7 Å². The van der Waals surface area contributed by atoms with Crippen molar-refractivity contribution >= 4 is 140 Å². The number of cyclic esters (lactones) is 1. The third-order valence-electron chi connectivity index (χ3n) is 18.8. The first-order chi connectivity index (χ1) is 57.0. The van der Waals surface area contributed by atoms with Gasteiger partial charge in [0.2, 0.25) is 82.7 Å². The molecule has 0 unspecified atom stereocenters. The number of nitrogens with zero attached hydrogens (tertiary/aromatic N) is 1. The molecule has 5 rings (SSSR count). The number of carbonyl (C=O) groups excluding carboxylic acids is 16. The molecule has 0 bridgehead atoms. The van der Waals surface area contributed by atoms with Crippen molar-refractivity contribution < 1.29 is 121 Å². The van der Waals surface area contributed by atoms with Crippen LogP contribution in [-0.2, 0) is 104 Å². The zero-order valence-corrected chi connectivity index (χ0v) is 67.3. The zero-order valence-electron chi connectivity index (χ0n) is 66.5. The number of amides is 14. The second-order valence-corrected chi connectivity index (χ2v) is 29.5. The standard InChI is InChI=1S/C76H106N18O25S/c1-5-6-7-8-9-10-11-22-57(99)86-49(29-42-34-81-46-20-15-13-17-43(42)46)71(113)90-50(31-56(78)98)72(114)88-48(23-26-95)69(111)94-65-41(4)119-76(118)53(30-55(97)44-18-12-14-19-45(44)77)92-75(117)64(39(2)28-61(102)103)93-73(115)54(38-96)87-59(101)35-82-67(109)51(32-62(104)105)89-66(108)40(3)84-70(112)52(33-63(106)107)91-68(110)47(85-58(100)36-83-74(65)116)21-16-24-79-37-60-80-25-27-120-60/h12-15,17-20,25,27,34,39-41,47-54,64-65,79,81,95-96H,5-11,16,21-24,26,28-33,35-38,77H2,1-4H3,(H2,78,98)(H,82,109)(H,83,116)(H,84,112)(H,85,100)(H,86,99)(H,87,101)(H,88,114)(H,89,108)(H,90,113)(H,91,110)(H,92,117)(H,93,115)(H,94,111)(H,102,103)(H,104,105)(H,106,107)/t39-,40-,41-,47+,48+,49+,50+,51+,52+,53+,54-,64+,65+/m1/s1. The van der Waals surface area contributed by atoms with Gasteiger partial charge in [0.05, 0.1) is 45.4 Å². The highest BCUT2D eigenvalue weighted by atomic mass is 32.1. The van der Waals surface area contributed by atoms with Crippen LogP contribution in [0.4, 0.5) is 5.69 Å². The summed E-state index contributed by atoms with van der Waals surface area (Å²) in [7, 11) is 0. The van der Waals surface area contributed by atoms with Gasteiger partial charge in [-0.2, -0.15) is 0 Å². The van der Waals surface area contributed by atoms with Crippen molar-refractivity contribution in [3.63, 3.8) is 0 Å². The Bertz CT molecular complexity index is 4280. The van der Waals surface area contributed by atoms with Crippen LogP contribution in [0.15, 0.2) is 66.3 Å². The lowest BCUT2D eigenvalue weighted by atomic mass is 9.96. The van der Waals surface area contributed by atoms with Crippen molar-refractivity contribution in [1.29, 1.82) is 0 Å². The number of carbonyl (C=O) groups is 19. The molecule has 24 N–H and O–H groups in total. The average molecular weight is 1700 g/mol. The average Bonchev–Trinajstić information content (AvgIpc) is 1.71. The SMILES string of the molecule is CCCCCCCCCC(=O)N[C@@H](Cc1c[nH]c2ccccc12)C(=O)N[C@@H](CC(N)=O)C(=O)N[C@@H](CCO)C(=O)N[C@@H]1C(=O)NCC(=O)N[C@@H](CCCNCc2nccs2)C(=O)N[C@@H](CC(=O)O)C(=O)N[C@H](C)C(=O)N[C@@H](CC(=O)O)C(=O)NCC(=O)N[C@H](CO)C(=O)N[C@@H]([C@H](C)CC(=O)O)C(=O)N[C@@H](CC(=O)c2ccccc2N)C(=O)O[C@@H]1C. The number of hydrogen-bond acceptors (Lipinski definition) is 26. The Morgan fingerprint density at radius 1 is 0.608 bits per heavy atom. The first kappa shape index (κ1) is 98.0. The Labute approximate surface area is 691 Å². The fraction of sp³-hybridized carbons (Fsp3) is 0.526. The molecule has 0 spiro atoms. The van der Waals surface area contributed by atoms with Gasteiger partial charge >= 0.3 is 23.9 Å². The van der Waals surface area contributed by atoms with E-state index in [1.165, 1.54) is 35.6 Å². The molecule has 120 heavy (non-hydrogen) atoms. The molecule has 0 aliphatic carbocycles. The van der Waals surface area contributed by atoms with Crippen LogP contribution in [0.1, 0.15) is 151 Å². The number of carboxylic acid groups (broad SMARTS) is 3. The number of rotatable bonds is 38. The molecule has 1 fully saturated rings. The number of aliphatic hydroxyl groups is 2. The van der Waals surface area contributed by atoms with E-state index >= 15 is 0 Å². The number of thiazole rings is 1. The predicted octanol–water partition coefficient (Wildman–Crippen LogP) is -4.43. The maximum atomic E-state index is 14.9. The summed E-state index contributed by atoms with van der Waals surface area (Å²) in [6.07, 6.45) is 0.545. The van der Waals surface area contributed by atoms with Gasteiger partial charge in [-0.15, -0.1) is 11.3 Å². The number of aliphatic hydroxyl groups excluding tert-OH is 2. The summed E-state index contributed by atoms with van der Waals surface area (Å²) in [5.74, 6) is -26.9. The molecule has 1 saturated heterocycles. The van der Waals surface area contributed by atoms with Crippen LogP contribution in [-0.4, -0.2) is 253 Å². The monoisotopic (exact) mass is 1700 g/mol. The van der Waals surface area contributed by atoms with Crippen LogP contribution >= 0.6 is 11.3 Å². The van der Waals surface area contributed by atoms with Gasteiger partial charge in [0.1, 0.15) is 77.6 Å². The molecule has 3 heterocycles. The van der Waals surface area contributed by atoms with Crippen molar-refractivity contribution in [3.8, 4) is 0 Å². The number of hydrogen-bond donors (Lipinski definition) is 22. The van der Waals surface area contributed by atoms with Crippen molar-refractivity contribution in [2.75, 3.05) is 38.6 Å². The number of nitrogen functional groups attached to an aromatic ring is 1. The maximum Gasteiger partial charge on any atom is 0.329 e. The van der Waals surface area contributed by atoms with E-state index in [0.29, 0.717) is 34.3 Å². The number of H-pyrrole nitrogens is 1. The lowest BCUT2D eigenvalue weighted by molar-refractivity contribution is -0.156. The molecule has 2 aromatic heterocycles. The number of para-hydroxylation sites is 2. The second kappa shape index (κ2) is 50.2. The minimum absolute atomic E-state index is 0.0136. The molecule has 43 nitrogen and oxygen atoms in total. The summed E-state index contributed by atoms with van der Waals surface area (Å²) < 4.78 is 5.77. The number of benzene rings is 2. The Morgan fingerprint density at radius 2 is 1.20 bits per heavy atom. The Kier molecular flexibility index (Phi) is 41.0. The second-order valence-electron chi connectivity index (χ2n) is 28.5. The molecule has 2 aromatic carbocycles. The van der Waals surface area contributed by atoms with E-state index in [0.717, 1.165) is 52.9 Å². The summed E-state index contributed by atoms with van der Waals surface area (Å²) in [5.41, 5.74) is 12.6. The number of unbranched alkanes of at least 4 members (excludes halogenated alkanes) is 6. The van der Waals surface area contributed by atoms with E-state index in [1.807, 2.05) is 10.6 Å². The van der Waals surface area contributed by atoms with E-state index in [9.17, 15) is 117 Å². The van der Waals surface area contributed by atoms with Gasteiger partial charge in [0.25, 0.3) is 0 Å². The van der Waals surface area contributed by atoms with Crippen LogP contribution in [0, 0.1) is 5.92 Å². The van der Waals surface area contributed by atoms with Gasteiger partial charge < -0.3 is 121 Å². The molecule has 4 aromatic rings. The summed E-state index contributed by atoms with van der Waals surface area (Å²) >= 11 is 1.30. The summed E-state index contributed by atoms with van der Waals surface area (Å²) in [5, 5.41) is 85.7. The topological polar surface area (TPSA) is 684 Å². The van der Waals surface area contributed by atoms with Crippen LogP contribution in [0.5, 0.6) is 0 Å². The highest BCUT2D eigenvalue weighted by molar-refractivity contribution is 7.09. The third-order valence-corrected chi connectivity index (χ3v) is 19.6. The Morgan fingerprint density at radius 3 is 1.83 bits per heavy atom. The van der Waals surface area contributed by atoms with E-state index in [-0.39, 0.29) is 50.0 Å². The molecule has 0 saturated carbocycles. The van der Waals surface area contributed by atoms with Crippen LogP contribution < -0.4 is 85.9 Å². The van der Waals surface area contributed by atoms with Gasteiger partial charge in [0, 0.05) is 72.3 Å². The van der Waals surface area contributed by atoms with Crippen LogP contribution in [0.2, 0.25) is 0 Å². The van der Waals surface area contributed by atoms with Crippen molar-refractivity contribution in [3.05, 3.63) is 82.4 Å². The number of primary amides is 1. The van der Waals surface area contributed by atoms with Gasteiger partial charge in [-0.1, -0.05) is 82.7 Å². The smallest absolute Gasteiger partial charge is 0.329 e. The van der Waals surface area contributed by atoms with E-state index in [1.54, 1.807) is 42.0 Å². The van der Waals surface area contributed by atoms with Gasteiger partial charge in [0.15, 0.2) is 5.78 Å². The zero-order chi connectivity index (χ0) is 88.7. The number of anilines is 1. The van der Waals surface area contributed by atoms with E-state index in [4.69, 9.17) is 16.2 Å². The molecule has 14 amide bonds. The number of aliphatic carboxylic acids is 3. The normalized spacial score (nSPS) is 20.8. The van der Waals surface area contributed by atoms with Gasteiger partial charge in [-0.05, 0) is 75.8 Å². The number of aromatic nitrogens is 2. The van der Waals surface area contributed by atoms with E-state index < -0.39 is 256 Å². The molecule has 656 valence electrons. The Hall–Kier alpha value is -12.6. The number of ether oxygens (including phenoxy) is 1. The summed E-state index contributed by atoms with van der Waals surface area (Å²) in [6.45, 7) is 0.907. The first-order valence-electron chi connectivity index (χ1n) is 38.8. The van der Waals surface area contributed by atoms with Crippen molar-refractivity contribution in [1.82, 2.24) is 84.4 Å². The lowest BCUT2D eigenvalue weighted by Gasteiger charge is -2.30. The van der Waals surface area contributed by atoms with Crippen LogP contribution in [0.3, 0.4) is 0 Å². The minimum atomic E-state index is -2.34. The lowest BCUT2D eigenvalue weighted by Crippen LogP contribution is -2.61. The fourth-order valence-corrected chi connectivity index (χ4v) is 13.0. The van der Waals surface area contributed by atoms with Gasteiger partial charge in [-0.3, -0.25) is 86.3 Å². The largest absolute Gasteiger partial charge is 0.481 e. The minimum Gasteiger partial charge on any atom is -0.481 e. The number of nitrogens with two attached hydrogens (primary N) is 2. The van der Waals surface area contributed by atoms with Crippen molar-refractivity contribution in [2.45, 2.75) is 216 Å². The maximum absolute atomic E-state index is 14.9. The highest BCUT2D eigenvalue weighted by Crippen LogP contribution is 2.22. The van der Waals surface area contributed by atoms with Gasteiger partial charge in [-0.25, -0.2) is 9.78 Å².